The maximum Gasteiger partial charge on any atom is 0.407 e. The van der Waals surface area contributed by atoms with Crippen LogP contribution >= 0.6 is 0 Å². The molecule has 42 heavy (non-hydrogen) atoms. The summed E-state index contributed by atoms with van der Waals surface area (Å²) in [7, 11) is 0. The van der Waals surface area contributed by atoms with Gasteiger partial charge in [-0.15, -0.1) is 0 Å². The van der Waals surface area contributed by atoms with Crippen molar-refractivity contribution in [2.75, 3.05) is 13.1 Å². The summed E-state index contributed by atoms with van der Waals surface area (Å²) in [5.74, 6) is 1.09. The van der Waals surface area contributed by atoms with Gasteiger partial charge in [0.25, 0.3) is 0 Å². The number of nitrogens with zero attached hydrogens (tertiary/aromatic N) is 1. The number of hydrogen-bond donors (Lipinski definition) is 3. The predicted molar refractivity (Wildman–Crippen MR) is 163 cm³/mol. The van der Waals surface area contributed by atoms with Crippen LogP contribution in [-0.4, -0.2) is 47.6 Å². The summed E-state index contributed by atoms with van der Waals surface area (Å²) in [6.07, 6.45) is 7.42. The third-order valence-electron chi connectivity index (χ3n) is 7.32. The SMILES string of the molecule is CC(C)CCNC(=O)[C@H](Cc1ccc(OCc2ccncc2)cc1)NC(=O)C1CCC(CNC(=O)OC(C)(C)C)CC1. The van der Waals surface area contributed by atoms with Crippen molar-refractivity contribution in [2.45, 2.75) is 91.4 Å². The molecule has 0 spiro atoms. The molecule has 1 saturated carbocycles. The maximum atomic E-state index is 13.3. The highest BCUT2D eigenvalue weighted by Gasteiger charge is 2.30. The predicted octanol–water partition coefficient (Wildman–Crippen LogP) is 5.18. The highest BCUT2D eigenvalue weighted by Crippen LogP contribution is 2.29. The van der Waals surface area contributed by atoms with E-state index in [0.717, 1.165) is 49.0 Å². The molecular formula is C33H48N4O5. The number of benzene rings is 1. The molecule has 9 heteroatoms. The molecular weight excluding hydrogens is 532 g/mol. The minimum absolute atomic E-state index is 0.0881. The first kappa shape index (κ1) is 32.9. The standard InChI is InChI=1S/C33H48N4O5/c1-23(2)14-19-35-31(39)29(20-24-8-12-28(13-9-24)41-22-26-15-17-34-18-16-26)37-30(38)27-10-6-25(7-11-27)21-36-32(40)42-33(3,4)5/h8-9,12-13,15-18,23,25,27,29H,6-7,10-11,14,19-22H2,1-5H3,(H,35,39)(H,36,40)(H,37,38)/t25?,27?,29-/m0/s1. The van der Waals surface area contributed by atoms with Gasteiger partial charge in [0.2, 0.25) is 11.8 Å². The van der Waals surface area contributed by atoms with E-state index in [9.17, 15) is 14.4 Å². The Bertz CT molecular complexity index is 1120. The van der Waals surface area contributed by atoms with Gasteiger partial charge in [-0.3, -0.25) is 14.6 Å². The van der Waals surface area contributed by atoms with Gasteiger partial charge in [-0.05, 0) is 100 Å². The second-order valence-corrected chi connectivity index (χ2v) is 12.6. The van der Waals surface area contributed by atoms with Crippen molar-refractivity contribution in [3.63, 3.8) is 0 Å². The molecule has 3 N–H and O–H groups in total. The van der Waals surface area contributed by atoms with Crippen LogP contribution in [0.4, 0.5) is 4.79 Å². The van der Waals surface area contributed by atoms with E-state index in [1.165, 1.54) is 0 Å². The molecule has 230 valence electrons. The molecule has 1 aliphatic carbocycles. The van der Waals surface area contributed by atoms with Gasteiger partial charge >= 0.3 is 6.09 Å². The Morgan fingerprint density at radius 3 is 2.21 bits per heavy atom. The van der Waals surface area contributed by atoms with Gasteiger partial charge in [-0.2, -0.15) is 0 Å². The summed E-state index contributed by atoms with van der Waals surface area (Å²) in [5, 5.41) is 8.90. The zero-order chi connectivity index (χ0) is 30.5. The number of carbonyl (C=O) groups excluding carboxylic acids is 3. The zero-order valence-corrected chi connectivity index (χ0v) is 25.8. The monoisotopic (exact) mass is 580 g/mol. The van der Waals surface area contributed by atoms with Crippen molar-refractivity contribution in [1.82, 2.24) is 20.9 Å². The third kappa shape index (κ3) is 12.1. The van der Waals surface area contributed by atoms with E-state index in [2.05, 4.69) is 34.8 Å². The number of hydrogen-bond acceptors (Lipinski definition) is 6. The van der Waals surface area contributed by atoms with Crippen LogP contribution in [0.15, 0.2) is 48.8 Å². The Kier molecular flexibility index (Phi) is 12.6. The Balaban J connectivity index is 1.53. The number of rotatable bonds is 13. The molecule has 1 heterocycles. The minimum Gasteiger partial charge on any atom is -0.489 e. The number of alkyl carbamates (subject to hydrolysis) is 1. The van der Waals surface area contributed by atoms with Gasteiger partial charge in [0.1, 0.15) is 24.0 Å². The largest absolute Gasteiger partial charge is 0.489 e. The van der Waals surface area contributed by atoms with Crippen LogP contribution in [0.5, 0.6) is 5.75 Å². The average molecular weight is 581 g/mol. The molecule has 1 aliphatic rings. The van der Waals surface area contributed by atoms with E-state index in [0.29, 0.717) is 38.0 Å². The van der Waals surface area contributed by atoms with E-state index < -0.39 is 17.7 Å². The van der Waals surface area contributed by atoms with Gasteiger partial charge in [0.15, 0.2) is 0 Å². The number of amides is 3. The second kappa shape index (κ2) is 16.1. The second-order valence-electron chi connectivity index (χ2n) is 12.6. The van der Waals surface area contributed by atoms with Crippen LogP contribution in [0.2, 0.25) is 0 Å². The number of ether oxygens (including phenoxy) is 2. The first-order chi connectivity index (χ1) is 20.0. The Morgan fingerprint density at radius 2 is 1.60 bits per heavy atom. The lowest BCUT2D eigenvalue weighted by atomic mass is 9.81. The number of nitrogens with one attached hydrogen (secondary N) is 3. The Labute approximate surface area is 250 Å². The van der Waals surface area contributed by atoms with Crippen molar-refractivity contribution in [1.29, 1.82) is 0 Å². The van der Waals surface area contributed by atoms with Crippen LogP contribution in [0, 0.1) is 17.8 Å². The van der Waals surface area contributed by atoms with Crippen molar-refractivity contribution in [3.05, 3.63) is 59.9 Å². The van der Waals surface area contributed by atoms with Crippen LogP contribution in [-0.2, 0) is 27.4 Å². The van der Waals surface area contributed by atoms with Gasteiger partial charge in [0, 0.05) is 37.8 Å². The number of pyridine rings is 1. The molecule has 0 unspecified atom stereocenters. The van der Waals surface area contributed by atoms with Gasteiger partial charge < -0.3 is 25.4 Å². The van der Waals surface area contributed by atoms with Gasteiger partial charge in [-0.1, -0.05) is 26.0 Å². The summed E-state index contributed by atoms with van der Waals surface area (Å²) in [4.78, 5) is 42.5. The summed E-state index contributed by atoms with van der Waals surface area (Å²) < 4.78 is 11.2. The van der Waals surface area contributed by atoms with Crippen molar-refractivity contribution >= 4 is 17.9 Å². The minimum atomic E-state index is -0.667. The molecule has 2 aromatic rings. The van der Waals surface area contributed by atoms with E-state index in [4.69, 9.17) is 9.47 Å². The fraction of sp³-hybridized carbons (Fsp3) is 0.576. The first-order valence-electron chi connectivity index (χ1n) is 15.1. The fourth-order valence-corrected chi connectivity index (χ4v) is 4.88. The summed E-state index contributed by atoms with van der Waals surface area (Å²) in [6.45, 7) is 11.3. The van der Waals surface area contributed by atoms with Crippen molar-refractivity contribution in [2.24, 2.45) is 17.8 Å². The van der Waals surface area contributed by atoms with Crippen molar-refractivity contribution in [3.8, 4) is 5.75 Å². The molecule has 3 rings (SSSR count). The fourth-order valence-electron chi connectivity index (χ4n) is 4.88. The quantitative estimate of drug-likeness (QED) is 0.300. The molecule has 0 aliphatic heterocycles. The lowest BCUT2D eigenvalue weighted by molar-refractivity contribution is -0.132. The first-order valence-corrected chi connectivity index (χ1v) is 15.1. The molecule has 1 aromatic heterocycles. The average Bonchev–Trinajstić information content (AvgIpc) is 2.95. The lowest BCUT2D eigenvalue weighted by Crippen LogP contribution is -2.50. The highest BCUT2D eigenvalue weighted by molar-refractivity contribution is 5.88. The van der Waals surface area contributed by atoms with Crippen LogP contribution in [0.1, 0.15) is 77.8 Å². The molecule has 1 aromatic carbocycles. The molecule has 1 atom stereocenters. The normalized spacial score (nSPS) is 17.7. The number of carbonyl (C=O) groups is 3. The molecule has 3 amide bonds. The Hall–Kier alpha value is -3.62. The Morgan fingerprint density at radius 1 is 0.929 bits per heavy atom. The number of aromatic nitrogens is 1. The van der Waals surface area contributed by atoms with E-state index in [1.54, 1.807) is 12.4 Å². The maximum absolute atomic E-state index is 13.3. The molecule has 0 saturated heterocycles. The summed E-state index contributed by atoms with van der Waals surface area (Å²) in [6, 6.07) is 10.8. The van der Waals surface area contributed by atoms with E-state index >= 15 is 0 Å². The van der Waals surface area contributed by atoms with Crippen LogP contribution in [0.25, 0.3) is 0 Å². The van der Waals surface area contributed by atoms with Crippen LogP contribution in [0.3, 0.4) is 0 Å². The smallest absolute Gasteiger partial charge is 0.407 e. The molecule has 1 fully saturated rings. The van der Waals surface area contributed by atoms with Gasteiger partial charge in [0.05, 0.1) is 0 Å². The topological polar surface area (TPSA) is 119 Å². The van der Waals surface area contributed by atoms with E-state index in [-0.39, 0.29) is 17.7 Å². The van der Waals surface area contributed by atoms with Crippen LogP contribution < -0.4 is 20.7 Å². The molecule has 9 nitrogen and oxygen atoms in total. The van der Waals surface area contributed by atoms with Gasteiger partial charge in [-0.25, -0.2) is 4.79 Å². The summed E-state index contributed by atoms with van der Waals surface area (Å²) >= 11 is 0. The molecule has 0 bridgehead atoms. The summed E-state index contributed by atoms with van der Waals surface area (Å²) in [5.41, 5.74) is 1.43. The third-order valence-corrected chi connectivity index (χ3v) is 7.32. The zero-order valence-electron chi connectivity index (χ0n) is 25.8. The highest BCUT2D eigenvalue weighted by atomic mass is 16.6. The molecule has 0 radical (unpaired) electrons. The van der Waals surface area contributed by atoms with E-state index in [1.807, 2.05) is 57.2 Å². The van der Waals surface area contributed by atoms with Crippen molar-refractivity contribution < 1.29 is 23.9 Å². The lowest BCUT2D eigenvalue weighted by Gasteiger charge is -2.29.